The highest BCUT2D eigenvalue weighted by molar-refractivity contribution is 7.13. The van der Waals surface area contributed by atoms with Crippen LogP contribution in [-0.4, -0.2) is 11.5 Å². The van der Waals surface area contributed by atoms with E-state index in [9.17, 15) is 0 Å². The molecule has 0 bridgehead atoms. The maximum atomic E-state index is 5.47. The summed E-state index contributed by atoms with van der Waals surface area (Å²) in [7, 11) is 0. The summed E-state index contributed by atoms with van der Waals surface area (Å²) in [6.07, 6.45) is 2.81. The van der Waals surface area contributed by atoms with Crippen LogP contribution in [0.5, 0.6) is 0 Å². The first-order valence-electron chi connectivity index (χ1n) is 4.59. The summed E-state index contributed by atoms with van der Waals surface area (Å²) in [5.74, 6) is 0. The molecule has 0 radical (unpaired) electrons. The molecule has 0 saturated carbocycles. The van der Waals surface area contributed by atoms with Crippen LogP contribution in [0, 0.1) is 0 Å². The normalized spacial score (nSPS) is 10.4. The van der Waals surface area contributed by atoms with Crippen molar-refractivity contribution in [3.05, 3.63) is 41.4 Å². The van der Waals surface area contributed by atoms with Gasteiger partial charge >= 0.3 is 0 Å². The van der Waals surface area contributed by atoms with Crippen LogP contribution >= 0.6 is 11.3 Å². The van der Waals surface area contributed by atoms with Gasteiger partial charge in [-0.25, -0.2) is 0 Å². The van der Waals surface area contributed by atoms with Crippen molar-refractivity contribution >= 4 is 11.3 Å². The summed E-state index contributed by atoms with van der Waals surface area (Å²) in [5, 5.41) is 2.06. The van der Waals surface area contributed by atoms with Gasteiger partial charge in [0.2, 0.25) is 0 Å². The fourth-order valence-corrected chi connectivity index (χ4v) is 2.01. The standard InChI is InChI=1S/C11H12N2S/c12-6-5-9-3-4-10(13-8-9)11-2-1-7-14-11/h1-4,7-8H,5-6,12H2. The number of nitrogens with zero attached hydrogens (tertiary/aromatic N) is 1. The molecule has 0 spiro atoms. The first-order valence-corrected chi connectivity index (χ1v) is 5.47. The van der Waals surface area contributed by atoms with Crippen molar-refractivity contribution < 1.29 is 0 Å². The molecule has 3 heteroatoms. The molecule has 0 unspecified atom stereocenters. The molecule has 2 aromatic rings. The van der Waals surface area contributed by atoms with E-state index in [-0.39, 0.29) is 0 Å². The fraction of sp³-hybridized carbons (Fsp3) is 0.182. The third kappa shape index (κ3) is 2.00. The lowest BCUT2D eigenvalue weighted by atomic mass is 10.2. The first kappa shape index (κ1) is 9.37. The van der Waals surface area contributed by atoms with Crippen LogP contribution in [-0.2, 0) is 6.42 Å². The van der Waals surface area contributed by atoms with Gasteiger partial charge in [-0.2, -0.15) is 0 Å². The number of rotatable bonds is 3. The highest BCUT2D eigenvalue weighted by atomic mass is 32.1. The Kier molecular flexibility index (Phi) is 2.91. The van der Waals surface area contributed by atoms with Gasteiger partial charge in [0, 0.05) is 6.20 Å². The van der Waals surface area contributed by atoms with Crippen LogP contribution in [0.3, 0.4) is 0 Å². The molecule has 2 rings (SSSR count). The largest absolute Gasteiger partial charge is 0.330 e. The smallest absolute Gasteiger partial charge is 0.0801 e. The maximum Gasteiger partial charge on any atom is 0.0801 e. The monoisotopic (exact) mass is 204 g/mol. The van der Waals surface area contributed by atoms with Gasteiger partial charge in [0.1, 0.15) is 0 Å². The van der Waals surface area contributed by atoms with Gasteiger partial charge in [-0.05, 0) is 36.0 Å². The molecule has 0 saturated heterocycles. The van der Waals surface area contributed by atoms with Crippen molar-refractivity contribution in [1.29, 1.82) is 0 Å². The van der Waals surface area contributed by atoms with E-state index in [1.54, 1.807) is 11.3 Å². The molecule has 72 valence electrons. The summed E-state index contributed by atoms with van der Waals surface area (Å²) in [4.78, 5) is 5.61. The van der Waals surface area contributed by atoms with E-state index in [0.717, 1.165) is 12.1 Å². The second-order valence-electron chi connectivity index (χ2n) is 3.07. The molecular weight excluding hydrogens is 192 g/mol. The summed E-state index contributed by atoms with van der Waals surface area (Å²) in [5.41, 5.74) is 7.71. The van der Waals surface area contributed by atoms with E-state index in [4.69, 9.17) is 5.73 Å². The van der Waals surface area contributed by atoms with E-state index >= 15 is 0 Å². The zero-order valence-corrected chi connectivity index (χ0v) is 8.63. The van der Waals surface area contributed by atoms with Crippen LogP contribution in [0.2, 0.25) is 0 Å². The molecule has 2 nitrogen and oxygen atoms in total. The number of hydrogen-bond acceptors (Lipinski definition) is 3. The molecule has 14 heavy (non-hydrogen) atoms. The van der Waals surface area contributed by atoms with Gasteiger partial charge in [-0.15, -0.1) is 11.3 Å². The van der Waals surface area contributed by atoms with Crippen LogP contribution in [0.1, 0.15) is 5.56 Å². The van der Waals surface area contributed by atoms with Crippen molar-refractivity contribution in [1.82, 2.24) is 4.98 Å². The number of pyridine rings is 1. The molecule has 0 aromatic carbocycles. The van der Waals surface area contributed by atoms with Gasteiger partial charge in [0.25, 0.3) is 0 Å². The summed E-state index contributed by atoms with van der Waals surface area (Å²) in [6, 6.07) is 8.26. The molecule has 0 aliphatic heterocycles. The Morgan fingerprint density at radius 2 is 2.21 bits per heavy atom. The molecule has 0 aliphatic rings. The summed E-state index contributed by atoms with van der Waals surface area (Å²) >= 11 is 1.71. The summed E-state index contributed by atoms with van der Waals surface area (Å²) in [6.45, 7) is 0.681. The molecule has 2 heterocycles. The Balaban J connectivity index is 2.22. The van der Waals surface area contributed by atoms with E-state index < -0.39 is 0 Å². The average Bonchev–Trinajstić information content (AvgIpc) is 2.72. The van der Waals surface area contributed by atoms with Crippen LogP contribution in [0.25, 0.3) is 10.6 Å². The number of aromatic nitrogens is 1. The van der Waals surface area contributed by atoms with Gasteiger partial charge in [0.15, 0.2) is 0 Å². The van der Waals surface area contributed by atoms with E-state index in [1.165, 1.54) is 10.4 Å². The minimum atomic E-state index is 0.681. The maximum absolute atomic E-state index is 5.47. The Morgan fingerprint density at radius 3 is 2.79 bits per heavy atom. The molecule has 2 N–H and O–H groups in total. The van der Waals surface area contributed by atoms with Crippen molar-refractivity contribution in [3.63, 3.8) is 0 Å². The van der Waals surface area contributed by atoms with E-state index in [0.29, 0.717) is 6.54 Å². The molecule has 0 amide bonds. The van der Waals surface area contributed by atoms with Crippen molar-refractivity contribution in [2.24, 2.45) is 5.73 Å². The topological polar surface area (TPSA) is 38.9 Å². The van der Waals surface area contributed by atoms with Crippen LogP contribution in [0.4, 0.5) is 0 Å². The number of hydrogen-bond donors (Lipinski definition) is 1. The second kappa shape index (κ2) is 4.35. The minimum absolute atomic E-state index is 0.681. The molecular formula is C11H12N2S. The molecule has 2 aromatic heterocycles. The van der Waals surface area contributed by atoms with Crippen molar-refractivity contribution in [2.45, 2.75) is 6.42 Å². The Bertz CT molecular complexity index is 378. The Morgan fingerprint density at radius 1 is 1.29 bits per heavy atom. The Labute approximate surface area is 87.4 Å². The lowest BCUT2D eigenvalue weighted by molar-refractivity contribution is 0.959. The molecule has 0 aliphatic carbocycles. The average molecular weight is 204 g/mol. The third-order valence-corrected chi connectivity index (χ3v) is 2.92. The van der Waals surface area contributed by atoms with Crippen LogP contribution < -0.4 is 5.73 Å². The van der Waals surface area contributed by atoms with Gasteiger partial charge in [-0.3, -0.25) is 4.98 Å². The predicted molar refractivity (Wildman–Crippen MR) is 60.3 cm³/mol. The Hall–Kier alpha value is -1.19. The highest BCUT2D eigenvalue weighted by Gasteiger charge is 1.99. The SMILES string of the molecule is NCCc1ccc(-c2cccs2)nc1. The molecule has 0 fully saturated rings. The highest BCUT2D eigenvalue weighted by Crippen LogP contribution is 2.22. The quantitative estimate of drug-likeness (QED) is 0.833. The summed E-state index contributed by atoms with van der Waals surface area (Å²) < 4.78 is 0. The van der Waals surface area contributed by atoms with Crippen molar-refractivity contribution in [2.75, 3.05) is 6.54 Å². The number of nitrogens with two attached hydrogens (primary N) is 1. The lowest BCUT2D eigenvalue weighted by Gasteiger charge is -1.99. The zero-order valence-electron chi connectivity index (χ0n) is 7.81. The van der Waals surface area contributed by atoms with Crippen molar-refractivity contribution in [3.8, 4) is 10.6 Å². The minimum Gasteiger partial charge on any atom is -0.330 e. The van der Waals surface area contributed by atoms with E-state index in [2.05, 4.69) is 28.6 Å². The second-order valence-corrected chi connectivity index (χ2v) is 4.02. The van der Waals surface area contributed by atoms with Gasteiger partial charge < -0.3 is 5.73 Å². The fourth-order valence-electron chi connectivity index (χ4n) is 1.31. The molecule has 0 atom stereocenters. The van der Waals surface area contributed by atoms with Gasteiger partial charge in [0.05, 0.1) is 10.6 Å². The third-order valence-electron chi connectivity index (χ3n) is 2.03. The lowest BCUT2D eigenvalue weighted by Crippen LogP contribution is -2.02. The van der Waals surface area contributed by atoms with E-state index in [1.807, 2.05) is 12.3 Å². The number of thiophene rings is 1. The first-order chi connectivity index (χ1) is 6.90. The zero-order chi connectivity index (χ0) is 9.80. The van der Waals surface area contributed by atoms with Crippen LogP contribution in [0.15, 0.2) is 35.8 Å². The van der Waals surface area contributed by atoms with Gasteiger partial charge in [-0.1, -0.05) is 12.1 Å². The predicted octanol–water partition coefficient (Wildman–Crippen LogP) is 2.31.